The van der Waals surface area contributed by atoms with Crippen LogP contribution in [0, 0.1) is 5.92 Å². The Morgan fingerprint density at radius 1 is 1.32 bits per heavy atom. The van der Waals surface area contributed by atoms with Gasteiger partial charge in [0.2, 0.25) is 0 Å². The number of carbonyl (C=O) groups excluding carboxylic acids is 1. The average molecular weight is 356 g/mol. The molecule has 0 aliphatic carbocycles. The van der Waals surface area contributed by atoms with Crippen LogP contribution in [0.5, 0.6) is 0 Å². The van der Waals surface area contributed by atoms with Crippen LogP contribution in [0.1, 0.15) is 34.8 Å². The van der Waals surface area contributed by atoms with Crippen molar-refractivity contribution in [3.8, 4) is 0 Å². The molecule has 2 atom stereocenters. The van der Waals surface area contributed by atoms with Gasteiger partial charge in [0, 0.05) is 17.1 Å². The number of carbonyl (C=O) groups is 1. The molecule has 0 radical (unpaired) electrons. The predicted octanol–water partition coefficient (Wildman–Crippen LogP) is 2.88. The van der Waals surface area contributed by atoms with Crippen molar-refractivity contribution in [1.82, 2.24) is 25.5 Å². The number of aromatic nitrogens is 4. The first kappa shape index (κ1) is 16.2. The lowest BCUT2D eigenvalue weighted by atomic mass is 9.84. The van der Waals surface area contributed by atoms with Gasteiger partial charge < -0.3 is 5.32 Å². The van der Waals surface area contributed by atoms with Gasteiger partial charge in [0.15, 0.2) is 12.6 Å². The number of nitrogens with zero attached hydrogens (tertiary/aromatic N) is 4. The molecular formula is C18H18ClN5O. The number of benzene rings is 2. The fourth-order valence-electron chi connectivity index (χ4n) is 3.75. The van der Waals surface area contributed by atoms with Crippen molar-refractivity contribution in [2.45, 2.75) is 18.9 Å². The van der Waals surface area contributed by atoms with Crippen LogP contribution >= 0.6 is 11.6 Å². The number of fused-ring (bicyclic) bond motifs is 1. The van der Waals surface area contributed by atoms with Crippen LogP contribution in [0.2, 0.25) is 5.02 Å². The maximum atomic E-state index is 12.0. The van der Waals surface area contributed by atoms with Crippen molar-refractivity contribution in [3.63, 3.8) is 0 Å². The van der Waals surface area contributed by atoms with Gasteiger partial charge in [-0.05, 0) is 59.0 Å². The zero-order chi connectivity index (χ0) is 17.2. The number of aldehydes is 1. The molecule has 2 heterocycles. The molecule has 1 aliphatic heterocycles. The Labute approximate surface area is 150 Å². The Hall–Kier alpha value is -2.31. The van der Waals surface area contributed by atoms with Crippen LogP contribution in [0.3, 0.4) is 0 Å². The van der Waals surface area contributed by atoms with Gasteiger partial charge >= 0.3 is 0 Å². The standard InChI is InChI=1S/C18H18ClN5O/c19-14-4-6-15-12(8-14)3-5-16(17(15)10-25)18(24-22-11-21-23-24)13-2-1-7-20-9-13/h3-6,8,10-11,13,18,20H,1-2,7,9H2/t13-,18?/m0/s1. The molecular weight excluding hydrogens is 338 g/mol. The molecule has 1 unspecified atom stereocenters. The van der Waals surface area contributed by atoms with E-state index < -0.39 is 0 Å². The molecule has 2 aromatic carbocycles. The molecule has 25 heavy (non-hydrogen) atoms. The maximum absolute atomic E-state index is 12.0. The van der Waals surface area contributed by atoms with Crippen LogP contribution < -0.4 is 5.32 Å². The fourth-order valence-corrected chi connectivity index (χ4v) is 3.93. The third kappa shape index (κ3) is 3.03. The Kier molecular flexibility index (Phi) is 4.46. The van der Waals surface area contributed by atoms with Crippen LogP contribution in [0.25, 0.3) is 10.8 Å². The van der Waals surface area contributed by atoms with E-state index in [0.29, 0.717) is 16.5 Å². The lowest BCUT2D eigenvalue weighted by Gasteiger charge is -2.31. The van der Waals surface area contributed by atoms with E-state index in [0.717, 1.165) is 48.6 Å². The summed E-state index contributed by atoms with van der Waals surface area (Å²) in [6, 6.07) is 9.45. The summed E-state index contributed by atoms with van der Waals surface area (Å²) < 4.78 is 0. The van der Waals surface area contributed by atoms with E-state index in [-0.39, 0.29) is 6.04 Å². The monoisotopic (exact) mass is 355 g/mol. The summed E-state index contributed by atoms with van der Waals surface area (Å²) in [5.74, 6) is 0.298. The molecule has 6 nitrogen and oxygen atoms in total. The Morgan fingerprint density at radius 3 is 2.96 bits per heavy atom. The quantitative estimate of drug-likeness (QED) is 0.728. The van der Waals surface area contributed by atoms with E-state index in [4.69, 9.17) is 11.6 Å². The zero-order valence-electron chi connectivity index (χ0n) is 13.6. The molecule has 0 saturated carbocycles. The SMILES string of the molecule is O=Cc1c(C([C@H]2CCCNC2)n2ncnn2)ccc2cc(Cl)ccc12. The minimum atomic E-state index is -0.129. The number of hydrogen-bond acceptors (Lipinski definition) is 5. The van der Waals surface area contributed by atoms with Gasteiger partial charge in [0.25, 0.3) is 0 Å². The van der Waals surface area contributed by atoms with Crippen LogP contribution in [0.4, 0.5) is 0 Å². The van der Waals surface area contributed by atoms with Gasteiger partial charge in [-0.3, -0.25) is 4.79 Å². The van der Waals surface area contributed by atoms with Gasteiger partial charge in [0.1, 0.15) is 6.04 Å². The largest absolute Gasteiger partial charge is 0.316 e. The van der Waals surface area contributed by atoms with Gasteiger partial charge in [-0.25, -0.2) is 0 Å². The van der Waals surface area contributed by atoms with E-state index in [2.05, 4.69) is 20.7 Å². The topological polar surface area (TPSA) is 72.7 Å². The third-order valence-electron chi connectivity index (χ3n) is 4.89. The summed E-state index contributed by atoms with van der Waals surface area (Å²) in [6.07, 6.45) is 4.50. The smallest absolute Gasteiger partial charge is 0.162 e. The molecule has 0 bridgehead atoms. The molecule has 1 fully saturated rings. The summed E-state index contributed by atoms with van der Waals surface area (Å²) in [5.41, 5.74) is 1.60. The van der Waals surface area contributed by atoms with Gasteiger partial charge in [-0.1, -0.05) is 29.8 Å². The highest BCUT2D eigenvalue weighted by atomic mass is 35.5. The third-order valence-corrected chi connectivity index (χ3v) is 5.12. The number of piperidine rings is 1. The molecule has 0 amide bonds. The van der Waals surface area contributed by atoms with Crippen molar-refractivity contribution in [2.24, 2.45) is 5.92 Å². The summed E-state index contributed by atoms with van der Waals surface area (Å²) in [7, 11) is 0. The van der Waals surface area contributed by atoms with Crippen molar-refractivity contribution in [1.29, 1.82) is 0 Å². The second-order valence-electron chi connectivity index (χ2n) is 6.36. The number of nitrogens with one attached hydrogen (secondary N) is 1. The second kappa shape index (κ2) is 6.90. The van der Waals surface area contributed by atoms with Gasteiger partial charge in [0.05, 0.1) is 0 Å². The normalized spacial score (nSPS) is 19.0. The zero-order valence-corrected chi connectivity index (χ0v) is 14.4. The molecule has 1 saturated heterocycles. The number of halogens is 1. The highest BCUT2D eigenvalue weighted by Gasteiger charge is 2.30. The van der Waals surface area contributed by atoms with Crippen LogP contribution in [-0.4, -0.2) is 39.6 Å². The predicted molar refractivity (Wildman–Crippen MR) is 95.9 cm³/mol. The molecule has 7 heteroatoms. The lowest BCUT2D eigenvalue weighted by molar-refractivity contribution is 0.112. The van der Waals surface area contributed by atoms with Crippen molar-refractivity contribution in [2.75, 3.05) is 13.1 Å². The Bertz CT molecular complexity index is 890. The molecule has 128 valence electrons. The van der Waals surface area contributed by atoms with Crippen molar-refractivity contribution in [3.05, 3.63) is 52.8 Å². The molecule has 1 aromatic heterocycles. The highest BCUT2D eigenvalue weighted by Crippen LogP contribution is 2.35. The first-order chi connectivity index (χ1) is 12.3. The first-order valence-corrected chi connectivity index (χ1v) is 8.76. The maximum Gasteiger partial charge on any atom is 0.162 e. The van der Waals surface area contributed by atoms with E-state index in [1.807, 2.05) is 30.3 Å². The molecule has 3 aromatic rings. The minimum absolute atomic E-state index is 0.129. The molecule has 1 N–H and O–H groups in total. The first-order valence-electron chi connectivity index (χ1n) is 8.38. The van der Waals surface area contributed by atoms with Crippen molar-refractivity contribution < 1.29 is 4.79 Å². The van der Waals surface area contributed by atoms with Gasteiger partial charge in [-0.2, -0.15) is 4.80 Å². The van der Waals surface area contributed by atoms with E-state index in [9.17, 15) is 4.79 Å². The Balaban J connectivity index is 1.89. The van der Waals surface area contributed by atoms with E-state index in [1.165, 1.54) is 6.33 Å². The average Bonchev–Trinajstić information content (AvgIpc) is 3.17. The number of tetrazole rings is 1. The van der Waals surface area contributed by atoms with Crippen LogP contribution in [-0.2, 0) is 0 Å². The summed E-state index contributed by atoms with van der Waals surface area (Å²) in [4.78, 5) is 13.6. The second-order valence-corrected chi connectivity index (χ2v) is 6.80. The van der Waals surface area contributed by atoms with E-state index in [1.54, 1.807) is 4.80 Å². The summed E-state index contributed by atoms with van der Waals surface area (Å²) in [5, 5.41) is 18.2. The Morgan fingerprint density at radius 2 is 2.24 bits per heavy atom. The molecule has 1 aliphatic rings. The van der Waals surface area contributed by atoms with Crippen LogP contribution in [0.15, 0.2) is 36.7 Å². The highest BCUT2D eigenvalue weighted by molar-refractivity contribution is 6.31. The number of hydrogen-bond donors (Lipinski definition) is 1. The van der Waals surface area contributed by atoms with Crippen molar-refractivity contribution >= 4 is 28.7 Å². The summed E-state index contributed by atoms with van der Waals surface area (Å²) >= 11 is 6.09. The lowest BCUT2D eigenvalue weighted by Crippen LogP contribution is -2.36. The summed E-state index contributed by atoms with van der Waals surface area (Å²) in [6.45, 7) is 1.88. The molecule has 4 rings (SSSR count). The fraction of sp³-hybridized carbons (Fsp3) is 0.333. The van der Waals surface area contributed by atoms with E-state index >= 15 is 0 Å². The minimum Gasteiger partial charge on any atom is -0.316 e. The molecule has 0 spiro atoms. The number of rotatable bonds is 4. The van der Waals surface area contributed by atoms with Gasteiger partial charge in [-0.15, -0.1) is 10.2 Å².